The molecule has 0 bridgehead atoms. The molecule has 2 heterocycles. The molecule has 0 unspecified atom stereocenters. The Morgan fingerprint density at radius 3 is 2.33 bits per heavy atom. The van der Waals surface area contributed by atoms with Crippen LogP contribution in [0.25, 0.3) is 0 Å². The molecule has 4 nitrogen and oxygen atoms in total. The van der Waals surface area contributed by atoms with E-state index < -0.39 is 0 Å². The zero-order valence-electron chi connectivity index (χ0n) is 11.0. The van der Waals surface area contributed by atoms with Crippen LogP contribution < -0.4 is 5.32 Å². The van der Waals surface area contributed by atoms with Crippen LogP contribution in [-0.2, 0) is 0 Å². The van der Waals surface area contributed by atoms with E-state index in [0.29, 0.717) is 0 Å². The molecular formula is C13H16N4S. The average molecular weight is 260 g/mol. The highest BCUT2D eigenvalue weighted by molar-refractivity contribution is 7.99. The Hall–Kier alpha value is -1.62. The molecule has 2 rings (SSSR count). The summed E-state index contributed by atoms with van der Waals surface area (Å²) in [5.74, 6) is 1.59. The number of pyridine rings is 1. The molecule has 0 aliphatic heterocycles. The minimum absolute atomic E-state index is 0.758. The molecular weight excluding hydrogens is 244 g/mol. The van der Waals surface area contributed by atoms with Crippen molar-refractivity contribution in [3.05, 3.63) is 35.3 Å². The minimum Gasteiger partial charge on any atom is -0.373 e. The van der Waals surface area contributed by atoms with Gasteiger partial charge in [0.05, 0.1) is 0 Å². The first-order chi connectivity index (χ1) is 8.56. The number of nitrogens with one attached hydrogen (secondary N) is 1. The van der Waals surface area contributed by atoms with Crippen LogP contribution in [-0.4, -0.2) is 22.0 Å². The molecule has 0 aliphatic carbocycles. The summed E-state index contributed by atoms with van der Waals surface area (Å²) in [5, 5.41) is 4.90. The van der Waals surface area contributed by atoms with E-state index in [1.165, 1.54) is 5.56 Å². The van der Waals surface area contributed by atoms with E-state index in [9.17, 15) is 0 Å². The Bertz CT molecular complexity index is 549. The lowest BCUT2D eigenvalue weighted by molar-refractivity contribution is 0.962. The summed E-state index contributed by atoms with van der Waals surface area (Å²) in [6.07, 6.45) is 0. The molecule has 0 radical (unpaired) electrons. The van der Waals surface area contributed by atoms with Crippen molar-refractivity contribution >= 4 is 17.6 Å². The highest BCUT2D eigenvalue weighted by Crippen LogP contribution is 2.26. The molecule has 18 heavy (non-hydrogen) atoms. The van der Waals surface area contributed by atoms with E-state index in [1.807, 2.05) is 27.0 Å². The van der Waals surface area contributed by atoms with E-state index in [4.69, 9.17) is 0 Å². The number of nitrogens with zero attached hydrogens (tertiary/aromatic N) is 3. The molecule has 0 aromatic carbocycles. The first-order valence-electron chi connectivity index (χ1n) is 5.73. The van der Waals surface area contributed by atoms with Crippen molar-refractivity contribution in [1.29, 1.82) is 0 Å². The number of anilines is 1. The summed E-state index contributed by atoms with van der Waals surface area (Å²) in [6, 6.07) is 6.06. The fourth-order valence-electron chi connectivity index (χ4n) is 1.68. The van der Waals surface area contributed by atoms with E-state index in [2.05, 4.69) is 39.3 Å². The first kappa shape index (κ1) is 12.8. The molecule has 94 valence electrons. The zero-order valence-corrected chi connectivity index (χ0v) is 11.8. The van der Waals surface area contributed by atoms with E-state index in [1.54, 1.807) is 11.8 Å². The summed E-state index contributed by atoms with van der Waals surface area (Å²) < 4.78 is 0. The fraction of sp³-hybridized carbons (Fsp3) is 0.308. The highest BCUT2D eigenvalue weighted by Gasteiger charge is 2.05. The predicted molar refractivity (Wildman–Crippen MR) is 74.1 cm³/mol. The largest absolute Gasteiger partial charge is 0.373 e. The minimum atomic E-state index is 0.758. The third kappa shape index (κ3) is 3.20. The lowest BCUT2D eigenvalue weighted by Gasteiger charge is -2.06. The van der Waals surface area contributed by atoms with Crippen LogP contribution in [0.3, 0.4) is 0 Å². The molecule has 5 heteroatoms. The van der Waals surface area contributed by atoms with E-state index in [-0.39, 0.29) is 0 Å². The maximum atomic E-state index is 4.50. The third-order valence-corrected chi connectivity index (χ3v) is 3.19. The van der Waals surface area contributed by atoms with Crippen molar-refractivity contribution in [2.45, 2.75) is 30.8 Å². The van der Waals surface area contributed by atoms with Gasteiger partial charge in [-0.3, -0.25) is 0 Å². The number of rotatable bonds is 3. The molecule has 0 saturated carbocycles. The molecule has 0 atom stereocenters. The predicted octanol–water partition coefficient (Wildman–Crippen LogP) is 2.99. The van der Waals surface area contributed by atoms with Crippen LogP contribution in [0.4, 0.5) is 5.82 Å². The van der Waals surface area contributed by atoms with Gasteiger partial charge < -0.3 is 5.32 Å². The van der Waals surface area contributed by atoms with E-state index in [0.717, 1.165) is 27.4 Å². The summed E-state index contributed by atoms with van der Waals surface area (Å²) in [4.78, 5) is 13.2. The van der Waals surface area contributed by atoms with Crippen LogP contribution >= 0.6 is 11.8 Å². The standard InChI is InChI=1S/C13H16N4S/c1-8-5-9(2)15-12(6-8)18-13-7-11(14-4)16-10(3)17-13/h5-7H,1-4H3,(H,14,16,17). The van der Waals surface area contributed by atoms with Gasteiger partial charge in [0.25, 0.3) is 0 Å². The monoisotopic (exact) mass is 260 g/mol. The quantitative estimate of drug-likeness (QED) is 0.860. The van der Waals surface area contributed by atoms with Crippen LogP contribution in [0.15, 0.2) is 28.3 Å². The fourth-order valence-corrected chi connectivity index (χ4v) is 2.68. The second-order valence-electron chi connectivity index (χ2n) is 4.11. The molecule has 0 fully saturated rings. The molecule has 0 aliphatic rings. The normalized spacial score (nSPS) is 10.4. The van der Waals surface area contributed by atoms with Gasteiger partial charge in [0, 0.05) is 18.8 Å². The van der Waals surface area contributed by atoms with Gasteiger partial charge in [-0.05, 0) is 50.2 Å². The van der Waals surface area contributed by atoms with Crippen LogP contribution in [0.5, 0.6) is 0 Å². The lowest BCUT2D eigenvalue weighted by Crippen LogP contribution is -1.97. The van der Waals surface area contributed by atoms with Gasteiger partial charge >= 0.3 is 0 Å². The Morgan fingerprint density at radius 2 is 1.67 bits per heavy atom. The van der Waals surface area contributed by atoms with Crippen molar-refractivity contribution < 1.29 is 0 Å². The van der Waals surface area contributed by atoms with Gasteiger partial charge in [0.1, 0.15) is 21.7 Å². The number of hydrogen-bond acceptors (Lipinski definition) is 5. The Kier molecular flexibility index (Phi) is 3.81. The first-order valence-corrected chi connectivity index (χ1v) is 6.55. The Morgan fingerprint density at radius 1 is 0.944 bits per heavy atom. The summed E-state index contributed by atoms with van der Waals surface area (Å²) in [7, 11) is 1.85. The van der Waals surface area contributed by atoms with Crippen molar-refractivity contribution in [3.8, 4) is 0 Å². The summed E-state index contributed by atoms with van der Waals surface area (Å²) >= 11 is 1.56. The van der Waals surface area contributed by atoms with Crippen LogP contribution in [0.1, 0.15) is 17.1 Å². The molecule has 1 N–H and O–H groups in total. The average Bonchev–Trinajstić information content (AvgIpc) is 2.26. The second kappa shape index (κ2) is 5.35. The highest BCUT2D eigenvalue weighted by atomic mass is 32.2. The van der Waals surface area contributed by atoms with Gasteiger partial charge in [-0.1, -0.05) is 0 Å². The Balaban J connectivity index is 2.30. The molecule has 2 aromatic heterocycles. The second-order valence-corrected chi connectivity index (χ2v) is 5.16. The zero-order chi connectivity index (χ0) is 13.1. The van der Waals surface area contributed by atoms with Gasteiger partial charge in [-0.15, -0.1) is 0 Å². The topological polar surface area (TPSA) is 50.7 Å². The number of hydrogen-bond donors (Lipinski definition) is 1. The molecule has 0 spiro atoms. The van der Waals surface area contributed by atoms with Gasteiger partial charge in [-0.2, -0.15) is 0 Å². The molecule has 0 amide bonds. The van der Waals surface area contributed by atoms with Crippen molar-refractivity contribution in [1.82, 2.24) is 15.0 Å². The van der Waals surface area contributed by atoms with Crippen LogP contribution in [0.2, 0.25) is 0 Å². The number of aromatic nitrogens is 3. The molecule has 2 aromatic rings. The van der Waals surface area contributed by atoms with E-state index >= 15 is 0 Å². The summed E-state index contributed by atoms with van der Waals surface area (Å²) in [6.45, 7) is 5.96. The van der Waals surface area contributed by atoms with Gasteiger partial charge in [0.15, 0.2) is 0 Å². The Labute approximate surface area is 111 Å². The SMILES string of the molecule is CNc1cc(Sc2cc(C)cc(C)n2)nc(C)n1. The number of aryl methyl sites for hydroxylation is 3. The molecule has 0 saturated heterocycles. The van der Waals surface area contributed by atoms with Crippen LogP contribution in [0, 0.1) is 20.8 Å². The summed E-state index contributed by atoms with van der Waals surface area (Å²) in [5.41, 5.74) is 2.24. The van der Waals surface area contributed by atoms with Gasteiger partial charge in [-0.25, -0.2) is 15.0 Å². The maximum absolute atomic E-state index is 4.50. The smallest absolute Gasteiger partial charge is 0.130 e. The van der Waals surface area contributed by atoms with Crippen molar-refractivity contribution in [3.63, 3.8) is 0 Å². The van der Waals surface area contributed by atoms with Gasteiger partial charge in [0.2, 0.25) is 0 Å². The van der Waals surface area contributed by atoms with Crippen molar-refractivity contribution in [2.24, 2.45) is 0 Å². The maximum Gasteiger partial charge on any atom is 0.130 e. The lowest BCUT2D eigenvalue weighted by atomic mass is 10.3. The third-order valence-electron chi connectivity index (χ3n) is 2.35. The van der Waals surface area contributed by atoms with Crippen molar-refractivity contribution in [2.75, 3.05) is 12.4 Å².